The average Bonchev–Trinajstić information content (AvgIpc) is 2.99. The highest BCUT2D eigenvalue weighted by atomic mass is 32.2. The fourth-order valence-corrected chi connectivity index (χ4v) is 12.7. The van der Waals surface area contributed by atoms with Crippen molar-refractivity contribution >= 4 is 46.7 Å². The molecule has 1 aliphatic heterocycles. The number of allylic oxidation sites excluding steroid dienone is 4. The van der Waals surface area contributed by atoms with E-state index in [0.717, 1.165) is 12.6 Å². The first-order valence-electron chi connectivity index (χ1n) is 14.4. The van der Waals surface area contributed by atoms with Crippen molar-refractivity contribution in [3.63, 3.8) is 0 Å². The molecule has 0 bridgehead atoms. The van der Waals surface area contributed by atoms with Crippen molar-refractivity contribution < 1.29 is 0 Å². The molecule has 1 fully saturated rings. The first-order valence-corrected chi connectivity index (χ1v) is 18.4. The van der Waals surface area contributed by atoms with Crippen LogP contribution >= 0.6 is 30.8 Å². The van der Waals surface area contributed by atoms with Gasteiger partial charge in [0, 0.05) is 0 Å². The quantitative estimate of drug-likeness (QED) is 0.110. The monoisotopic (exact) mass is 559 g/mol. The summed E-state index contributed by atoms with van der Waals surface area (Å²) in [6.07, 6.45) is 21.2. The molecular weight excluding hydrogens is 515 g/mol. The molecule has 3 aromatic carbocycles. The zero-order valence-corrected chi connectivity index (χ0v) is 25.5. The van der Waals surface area contributed by atoms with E-state index in [1.54, 1.807) is 0 Å². The highest BCUT2D eigenvalue weighted by molar-refractivity contribution is 8.18. The fourth-order valence-electron chi connectivity index (χ4n) is 5.34. The smallest absolute Gasteiger partial charge is 0.115 e. The van der Waals surface area contributed by atoms with E-state index in [4.69, 9.17) is 0 Å². The molecule has 1 heterocycles. The maximum atomic E-state index is 2.51. The fraction of sp³-hybridized carbons (Fsp3) is 0.371. The Bertz CT molecular complexity index is 1010. The second-order valence-electron chi connectivity index (χ2n) is 10.1. The molecule has 38 heavy (non-hydrogen) atoms. The van der Waals surface area contributed by atoms with Gasteiger partial charge in [0.15, 0.2) is 0 Å². The van der Waals surface area contributed by atoms with Gasteiger partial charge in [-0.3, -0.25) is 0 Å². The molecule has 0 saturated carbocycles. The summed E-state index contributed by atoms with van der Waals surface area (Å²) in [4.78, 5) is 0. The Balaban J connectivity index is 1.51. The second kappa shape index (κ2) is 15.8. The number of thioether (sulfide) groups is 2. The van der Waals surface area contributed by atoms with Gasteiger partial charge in [-0.1, -0.05) is 98.7 Å². The maximum absolute atomic E-state index is 2.51. The van der Waals surface area contributed by atoms with Crippen LogP contribution in [0.25, 0.3) is 0 Å². The van der Waals surface area contributed by atoms with Crippen molar-refractivity contribution in [2.75, 3.05) is 17.7 Å². The van der Waals surface area contributed by atoms with Crippen molar-refractivity contribution in [1.29, 1.82) is 0 Å². The SMILES string of the molecule is CCCCC/C=C\CC1(CC/C=C/C[P+](c2ccccc2)(c2ccccc2)c2ccccc2)SCCCS1. The van der Waals surface area contributed by atoms with Crippen molar-refractivity contribution in [2.45, 2.75) is 62.4 Å². The Morgan fingerprint density at radius 1 is 0.658 bits per heavy atom. The normalized spacial score (nSPS) is 15.8. The molecule has 0 aliphatic carbocycles. The van der Waals surface area contributed by atoms with E-state index >= 15 is 0 Å². The number of rotatable bonds is 14. The molecule has 0 radical (unpaired) electrons. The van der Waals surface area contributed by atoms with E-state index in [2.05, 4.69) is 146 Å². The minimum atomic E-state index is -1.78. The summed E-state index contributed by atoms with van der Waals surface area (Å²) in [6.45, 7) is 2.28. The minimum Gasteiger partial charge on any atom is -0.144 e. The number of unbranched alkanes of at least 4 members (excludes halogenated alkanes) is 3. The van der Waals surface area contributed by atoms with Gasteiger partial charge in [-0.05, 0) is 86.4 Å². The lowest BCUT2D eigenvalue weighted by Gasteiger charge is -2.35. The third kappa shape index (κ3) is 7.91. The lowest BCUT2D eigenvalue weighted by molar-refractivity contribution is 0.712. The van der Waals surface area contributed by atoms with Gasteiger partial charge in [0.05, 0.1) is 10.2 Å². The van der Waals surface area contributed by atoms with Crippen molar-refractivity contribution in [3.05, 3.63) is 115 Å². The minimum absolute atomic E-state index is 0.356. The Kier molecular flexibility index (Phi) is 12.1. The zero-order valence-electron chi connectivity index (χ0n) is 23.0. The van der Waals surface area contributed by atoms with Crippen LogP contribution in [0.15, 0.2) is 115 Å². The van der Waals surface area contributed by atoms with E-state index in [1.807, 2.05) is 0 Å². The predicted octanol–water partition coefficient (Wildman–Crippen LogP) is 9.41. The Morgan fingerprint density at radius 2 is 1.18 bits per heavy atom. The van der Waals surface area contributed by atoms with E-state index in [-0.39, 0.29) is 0 Å². The molecule has 0 unspecified atom stereocenters. The summed E-state index contributed by atoms with van der Waals surface area (Å²) in [5.74, 6) is 2.62. The summed E-state index contributed by atoms with van der Waals surface area (Å²) in [5, 5.41) is 4.39. The van der Waals surface area contributed by atoms with Crippen LogP contribution in [0.5, 0.6) is 0 Å². The highest BCUT2D eigenvalue weighted by Crippen LogP contribution is 2.55. The van der Waals surface area contributed by atoms with Crippen LogP contribution in [0.2, 0.25) is 0 Å². The molecule has 0 atom stereocenters. The van der Waals surface area contributed by atoms with E-state index in [1.165, 1.54) is 72.4 Å². The molecule has 1 aliphatic rings. The summed E-state index contributed by atoms with van der Waals surface area (Å²) in [7, 11) is -1.78. The number of benzene rings is 3. The van der Waals surface area contributed by atoms with Gasteiger partial charge in [0.25, 0.3) is 0 Å². The van der Waals surface area contributed by atoms with Crippen LogP contribution in [0.4, 0.5) is 0 Å². The molecular formula is C35H44PS2+. The Labute approximate surface area is 241 Å². The van der Waals surface area contributed by atoms with Crippen LogP contribution in [0.3, 0.4) is 0 Å². The third-order valence-corrected chi connectivity index (χ3v) is 15.2. The molecule has 3 heteroatoms. The molecule has 0 N–H and O–H groups in total. The maximum Gasteiger partial charge on any atom is 0.115 e. The second-order valence-corrected chi connectivity index (χ2v) is 16.9. The van der Waals surface area contributed by atoms with E-state index in [0.29, 0.717) is 4.08 Å². The molecule has 0 amide bonds. The molecule has 0 spiro atoms. The molecule has 0 aromatic heterocycles. The predicted molar refractivity (Wildman–Crippen MR) is 179 cm³/mol. The lowest BCUT2D eigenvalue weighted by Crippen LogP contribution is -2.32. The molecule has 200 valence electrons. The number of hydrogen-bond acceptors (Lipinski definition) is 2. The summed E-state index contributed by atoms with van der Waals surface area (Å²) < 4.78 is 0.356. The highest BCUT2D eigenvalue weighted by Gasteiger charge is 2.44. The zero-order chi connectivity index (χ0) is 26.4. The topological polar surface area (TPSA) is 0 Å². The van der Waals surface area contributed by atoms with Gasteiger partial charge in [-0.25, -0.2) is 0 Å². The van der Waals surface area contributed by atoms with Gasteiger partial charge in [-0.2, -0.15) is 0 Å². The van der Waals surface area contributed by atoms with Crippen LogP contribution in [0.1, 0.15) is 58.3 Å². The van der Waals surface area contributed by atoms with Gasteiger partial charge < -0.3 is 0 Å². The van der Waals surface area contributed by atoms with Crippen LogP contribution in [-0.4, -0.2) is 21.7 Å². The first kappa shape index (κ1) is 29.3. The summed E-state index contributed by atoms with van der Waals surface area (Å²) in [6, 6.07) is 33.7. The van der Waals surface area contributed by atoms with Crippen LogP contribution < -0.4 is 15.9 Å². The lowest BCUT2D eigenvalue weighted by atomic mass is 10.1. The Hall–Kier alpha value is -1.73. The van der Waals surface area contributed by atoms with Gasteiger partial charge in [-0.15, -0.1) is 23.5 Å². The van der Waals surface area contributed by atoms with E-state index in [9.17, 15) is 0 Å². The average molecular weight is 560 g/mol. The van der Waals surface area contributed by atoms with E-state index < -0.39 is 7.26 Å². The van der Waals surface area contributed by atoms with Crippen molar-refractivity contribution in [1.82, 2.24) is 0 Å². The summed E-state index contributed by atoms with van der Waals surface area (Å²) in [5.41, 5.74) is 0. The molecule has 4 rings (SSSR count). The third-order valence-electron chi connectivity index (χ3n) is 7.42. The van der Waals surface area contributed by atoms with Crippen LogP contribution in [0, 0.1) is 0 Å². The first-order chi connectivity index (χ1) is 18.8. The van der Waals surface area contributed by atoms with Gasteiger partial charge in [0.1, 0.15) is 23.2 Å². The summed E-state index contributed by atoms with van der Waals surface area (Å²) >= 11 is 4.44. The Morgan fingerprint density at radius 3 is 1.71 bits per heavy atom. The van der Waals surface area contributed by atoms with Gasteiger partial charge in [0.2, 0.25) is 0 Å². The largest absolute Gasteiger partial charge is 0.144 e. The molecule has 0 nitrogen and oxygen atoms in total. The number of hydrogen-bond donors (Lipinski definition) is 0. The van der Waals surface area contributed by atoms with Crippen LogP contribution in [-0.2, 0) is 0 Å². The standard InChI is InChI=1S/C35H44PS2/c1-2-3-4-5-6-17-27-35(37-30-20-31-38-35)28-18-10-19-29-36(32-21-11-7-12-22-32,33-23-13-8-14-24-33)34-25-15-9-16-26-34/h6-17,19,21-26H,2-5,18,20,27-31H2,1H3/q+1/b17-6-,19-10+. The van der Waals surface area contributed by atoms with Crippen molar-refractivity contribution in [3.8, 4) is 0 Å². The van der Waals surface area contributed by atoms with Crippen molar-refractivity contribution in [2.24, 2.45) is 0 Å². The molecule has 3 aromatic rings. The van der Waals surface area contributed by atoms with Gasteiger partial charge >= 0.3 is 0 Å². The molecule has 1 saturated heterocycles.